The van der Waals surface area contributed by atoms with E-state index >= 15 is 0 Å². The number of methoxy groups -OCH3 is 1. The second-order valence-electron chi connectivity index (χ2n) is 12.2. The predicted octanol–water partition coefficient (Wildman–Crippen LogP) is 4.91. The Labute approximate surface area is 315 Å². The van der Waals surface area contributed by atoms with Gasteiger partial charge in [-0.25, -0.2) is 5.53 Å². The summed E-state index contributed by atoms with van der Waals surface area (Å²) in [5.41, 5.74) is 13.5. The van der Waals surface area contributed by atoms with Gasteiger partial charge in [0.05, 0.1) is 24.0 Å². The van der Waals surface area contributed by atoms with Crippen LogP contribution in [0.4, 0.5) is 17.1 Å². The molecule has 1 heterocycles. The van der Waals surface area contributed by atoms with Gasteiger partial charge >= 0.3 is 11.8 Å². The minimum Gasteiger partial charge on any atom is -0.506 e. The Morgan fingerprint density at radius 1 is 0.889 bits per heavy atom. The molecule has 0 atom stereocenters. The summed E-state index contributed by atoms with van der Waals surface area (Å²) in [6, 6.07) is 25.0. The number of hydrazine groups is 3. The number of likely N-dealkylation sites (N-methyl/N-ethyl adjacent to an activating group) is 1. The van der Waals surface area contributed by atoms with E-state index in [9.17, 15) is 24.3 Å². The third kappa shape index (κ3) is 8.09. The molecule has 0 aromatic heterocycles. The maximum absolute atomic E-state index is 13.6. The van der Waals surface area contributed by atoms with E-state index in [-0.39, 0.29) is 30.2 Å². The number of nitrogens with zero attached hydrogens (tertiary/aromatic N) is 3. The number of benzene rings is 5. The van der Waals surface area contributed by atoms with Crippen LogP contribution >= 0.6 is 11.8 Å². The quantitative estimate of drug-likeness (QED) is 0.0719. The lowest BCUT2D eigenvalue weighted by atomic mass is 10.0. The van der Waals surface area contributed by atoms with Gasteiger partial charge in [0.1, 0.15) is 11.5 Å². The minimum absolute atomic E-state index is 0.0682. The lowest BCUT2D eigenvalue weighted by Gasteiger charge is -2.20. The number of fused-ring (bicyclic) bond motifs is 2. The highest BCUT2D eigenvalue weighted by Crippen LogP contribution is 2.38. The van der Waals surface area contributed by atoms with E-state index in [2.05, 4.69) is 37.7 Å². The minimum atomic E-state index is -0.796. The fourth-order valence-corrected chi connectivity index (χ4v) is 6.70. The molecule has 0 aliphatic carbocycles. The molecule has 0 saturated heterocycles. The van der Waals surface area contributed by atoms with Crippen molar-refractivity contribution in [1.29, 1.82) is 0 Å². The first-order valence-electron chi connectivity index (χ1n) is 16.9. The lowest BCUT2D eigenvalue weighted by molar-refractivity contribution is -0.144. The van der Waals surface area contributed by atoms with Gasteiger partial charge in [-0.3, -0.25) is 35.0 Å². The number of phenolic OH excluding ortho intramolecular Hbond substituents is 1. The Morgan fingerprint density at radius 2 is 1.57 bits per heavy atom. The fourth-order valence-electron chi connectivity index (χ4n) is 5.70. The van der Waals surface area contributed by atoms with E-state index in [4.69, 9.17) is 4.74 Å². The average molecular weight is 750 g/mol. The molecule has 0 saturated carbocycles. The summed E-state index contributed by atoms with van der Waals surface area (Å²) in [5, 5.41) is 26.2. The summed E-state index contributed by atoms with van der Waals surface area (Å²) >= 11 is 1.26. The third-order valence-corrected chi connectivity index (χ3v) is 9.73. The lowest BCUT2D eigenvalue weighted by Crippen LogP contribution is -2.43. The van der Waals surface area contributed by atoms with E-state index < -0.39 is 17.7 Å². The van der Waals surface area contributed by atoms with Gasteiger partial charge in [-0.15, -0.1) is 10.6 Å². The number of anilines is 3. The Bertz CT molecular complexity index is 2300. The van der Waals surface area contributed by atoms with Crippen molar-refractivity contribution in [3.8, 4) is 11.5 Å². The van der Waals surface area contributed by atoms with Crippen molar-refractivity contribution in [2.45, 2.75) is 25.2 Å². The summed E-state index contributed by atoms with van der Waals surface area (Å²) in [6.07, 6.45) is 0.0774. The Kier molecular flexibility index (Phi) is 11.3. The van der Waals surface area contributed by atoms with Gasteiger partial charge in [-0.1, -0.05) is 54.6 Å². The topological polar surface area (TPSA) is 189 Å². The van der Waals surface area contributed by atoms with Crippen LogP contribution in [0.15, 0.2) is 94.9 Å². The standard InChI is InChI=1S/C38H39N9O6S/c1-5-46(3)37(52)36(51)42-41-29-16-15-28(23-10-6-7-11-24(23)29)39-33(48)18-19-47-38(43-44-45-47)54-32-21-27(34(49)26-13-9-8-12-25(26)32)35(50)40-30-20-22(2)14-17-31(30)53-4/h6-17,20-21,41,44-45,49H,5,18-19H2,1-4H3,(H,39,48)(H,40,50)(H,42,51). The molecule has 1 aliphatic rings. The highest BCUT2D eigenvalue weighted by molar-refractivity contribution is 8.14. The molecular formula is C38H39N9O6S. The Morgan fingerprint density at radius 3 is 2.30 bits per heavy atom. The molecule has 1 aliphatic heterocycles. The van der Waals surface area contributed by atoms with E-state index in [0.717, 1.165) is 16.3 Å². The first-order chi connectivity index (χ1) is 26.1. The molecule has 278 valence electrons. The highest BCUT2D eigenvalue weighted by Gasteiger charge is 2.24. The van der Waals surface area contributed by atoms with Crippen molar-refractivity contribution in [1.82, 2.24) is 26.4 Å². The van der Waals surface area contributed by atoms with Crippen LogP contribution in [0.1, 0.15) is 29.3 Å². The molecule has 15 nitrogen and oxygen atoms in total. The zero-order valence-electron chi connectivity index (χ0n) is 29.9. The van der Waals surface area contributed by atoms with Gasteiger partial charge in [-0.05, 0) is 66.9 Å². The molecular weight excluding hydrogens is 711 g/mol. The average Bonchev–Trinajstić information content (AvgIpc) is 3.63. The predicted molar refractivity (Wildman–Crippen MR) is 210 cm³/mol. The Balaban J connectivity index is 1.14. The van der Waals surface area contributed by atoms with Crippen molar-refractivity contribution >= 4 is 79.2 Å². The van der Waals surface area contributed by atoms with Crippen LogP contribution in [-0.4, -0.2) is 71.1 Å². The molecule has 6 rings (SSSR count). The molecule has 16 heteroatoms. The number of aromatic hydroxyl groups is 1. The second-order valence-corrected chi connectivity index (χ2v) is 13.3. The van der Waals surface area contributed by atoms with Gasteiger partial charge in [0, 0.05) is 53.3 Å². The number of amides is 4. The van der Waals surface area contributed by atoms with E-state index in [1.54, 1.807) is 61.4 Å². The normalized spacial score (nSPS) is 12.1. The largest absolute Gasteiger partial charge is 0.506 e. The molecule has 0 radical (unpaired) electrons. The van der Waals surface area contributed by atoms with Gasteiger partial charge in [0.2, 0.25) is 11.1 Å². The number of aryl methyl sites for hydroxylation is 1. The number of hydrazone groups is 1. The Hall–Kier alpha value is -6.52. The summed E-state index contributed by atoms with van der Waals surface area (Å²) < 4.78 is 5.42. The number of amidine groups is 1. The van der Waals surface area contributed by atoms with Crippen molar-refractivity contribution in [3.63, 3.8) is 0 Å². The van der Waals surface area contributed by atoms with Crippen LogP contribution in [0.2, 0.25) is 0 Å². The number of thioether (sulfide) groups is 1. The van der Waals surface area contributed by atoms with Crippen molar-refractivity contribution in [2.24, 2.45) is 5.10 Å². The van der Waals surface area contributed by atoms with E-state index in [0.29, 0.717) is 50.2 Å². The molecule has 0 unspecified atom stereocenters. The number of carbonyl (C=O) groups is 4. The molecule has 7 N–H and O–H groups in total. The number of hydrogen-bond donors (Lipinski definition) is 7. The number of rotatable bonds is 11. The summed E-state index contributed by atoms with van der Waals surface area (Å²) in [6.45, 7) is 4.29. The number of nitrogens with one attached hydrogen (secondary N) is 6. The van der Waals surface area contributed by atoms with Crippen molar-refractivity contribution < 1.29 is 29.0 Å². The van der Waals surface area contributed by atoms with Crippen LogP contribution in [0.5, 0.6) is 11.5 Å². The van der Waals surface area contributed by atoms with Gasteiger partial charge in [0.25, 0.3) is 5.91 Å². The first-order valence-corrected chi connectivity index (χ1v) is 17.8. The summed E-state index contributed by atoms with van der Waals surface area (Å²) in [5.74, 6) is -1.92. The van der Waals surface area contributed by atoms with Crippen molar-refractivity contribution in [2.75, 3.05) is 43.3 Å². The smallest absolute Gasteiger partial charge is 0.327 e. The van der Waals surface area contributed by atoms with E-state index in [1.165, 1.54) is 23.8 Å². The zero-order chi connectivity index (χ0) is 38.4. The van der Waals surface area contributed by atoms with E-state index in [1.807, 2.05) is 49.4 Å². The summed E-state index contributed by atoms with van der Waals surface area (Å²) in [7, 11) is 3.06. The molecule has 5 aromatic carbocycles. The monoisotopic (exact) mass is 749 g/mol. The third-order valence-electron chi connectivity index (χ3n) is 8.68. The highest BCUT2D eigenvalue weighted by atomic mass is 32.2. The van der Waals surface area contributed by atoms with Gasteiger partial charge < -0.3 is 25.4 Å². The maximum atomic E-state index is 13.6. The fraction of sp³-hybridized carbons (Fsp3) is 0.184. The number of ether oxygens (including phenoxy) is 1. The molecule has 54 heavy (non-hydrogen) atoms. The second kappa shape index (κ2) is 16.4. The molecule has 4 amide bonds. The maximum Gasteiger partial charge on any atom is 0.327 e. The van der Waals surface area contributed by atoms with Crippen LogP contribution in [-0.2, 0) is 14.4 Å². The van der Waals surface area contributed by atoms with Crippen LogP contribution in [0, 0.1) is 6.92 Å². The van der Waals surface area contributed by atoms with Crippen molar-refractivity contribution in [3.05, 3.63) is 96.1 Å². The van der Waals surface area contributed by atoms with Crippen LogP contribution in [0.3, 0.4) is 0 Å². The number of carbonyl (C=O) groups excluding carboxylic acids is 4. The molecule has 0 spiro atoms. The number of hydrogen-bond acceptors (Lipinski definition) is 12. The molecule has 0 fully saturated rings. The van der Waals surface area contributed by atoms with Crippen LogP contribution < -0.4 is 37.3 Å². The van der Waals surface area contributed by atoms with Gasteiger partial charge in [-0.2, -0.15) is 0 Å². The zero-order valence-corrected chi connectivity index (χ0v) is 30.8. The van der Waals surface area contributed by atoms with Crippen LogP contribution in [0.25, 0.3) is 21.5 Å². The first kappa shape index (κ1) is 37.2. The number of phenols is 1. The molecule has 5 aromatic rings. The molecule has 0 bridgehead atoms. The summed E-state index contributed by atoms with van der Waals surface area (Å²) in [4.78, 5) is 53.3. The SMILES string of the molecule is CCN(C)C(=O)C(=O)NNc1ccc(NC(=O)CCN2NNN=C2Sc2cc(C(=O)Nc3cc(C)ccc3OC)c(O)c3ccccc23)c2ccccc12. The van der Waals surface area contributed by atoms with Gasteiger partial charge in [0.15, 0.2) is 0 Å².